The van der Waals surface area contributed by atoms with Crippen molar-refractivity contribution in [3.05, 3.63) is 53.8 Å². The van der Waals surface area contributed by atoms with Crippen LogP contribution in [0.3, 0.4) is 0 Å². The molecule has 0 saturated carbocycles. The van der Waals surface area contributed by atoms with Crippen LogP contribution in [-0.2, 0) is 4.74 Å². The number of hydrogen-bond donors (Lipinski definition) is 0. The smallest absolute Gasteiger partial charge is 0.254 e. The number of carbonyl (C=O) groups is 1. The Morgan fingerprint density at radius 2 is 2.08 bits per heavy atom. The topological polar surface area (TPSA) is 55.6 Å². The first-order valence-corrected chi connectivity index (χ1v) is 8.49. The van der Waals surface area contributed by atoms with Crippen LogP contribution in [0.25, 0.3) is 22.4 Å². The number of aromatic nitrogens is 1. The van der Waals surface area contributed by atoms with Crippen molar-refractivity contribution in [1.82, 2.24) is 9.88 Å². The number of fused-ring (bicyclic) bond motifs is 1. The molecule has 1 aliphatic rings. The van der Waals surface area contributed by atoms with Crippen molar-refractivity contribution in [3.8, 4) is 11.5 Å². The van der Waals surface area contributed by atoms with Crippen molar-refractivity contribution in [2.24, 2.45) is 0 Å². The van der Waals surface area contributed by atoms with Crippen molar-refractivity contribution < 1.29 is 13.9 Å². The summed E-state index contributed by atoms with van der Waals surface area (Å²) in [5, 5.41) is 0.860. The van der Waals surface area contributed by atoms with Crippen LogP contribution in [-0.4, -0.2) is 41.6 Å². The average Bonchev–Trinajstić information content (AvgIpc) is 3.06. The third-order valence-electron chi connectivity index (χ3n) is 4.47. The van der Waals surface area contributed by atoms with Gasteiger partial charge in [-0.15, -0.1) is 0 Å². The summed E-state index contributed by atoms with van der Waals surface area (Å²) in [5.41, 5.74) is 2.12. The van der Waals surface area contributed by atoms with E-state index in [0.717, 1.165) is 16.7 Å². The quantitative estimate of drug-likeness (QED) is 0.716. The summed E-state index contributed by atoms with van der Waals surface area (Å²) in [4.78, 5) is 19.7. The lowest BCUT2D eigenvalue weighted by Gasteiger charge is -2.31. The van der Waals surface area contributed by atoms with Gasteiger partial charge in [-0.1, -0.05) is 18.2 Å². The molecule has 0 radical (unpaired) electrons. The zero-order valence-corrected chi connectivity index (χ0v) is 14.4. The maximum absolute atomic E-state index is 13.2. The Bertz CT molecular complexity index is 932. The van der Waals surface area contributed by atoms with E-state index in [9.17, 15) is 4.79 Å². The molecule has 0 spiro atoms. The lowest BCUT2D eigenvalue weighted by Crippen LogP contribution is -2.44. The molecule has 4 rings (SSSR count). The van der Waals surface area contributed by atoms with Gasteiger partial charge in [0.25, 0.3) is 5.91 Å². The van der Waals surface area contributed by atoms with Crippen LogP contribution in [0.5, 0.6) is 0 Å². The van der Waals surface area contributed by atoms with Gasteiger partial charge in [0.15, 0.2) is 5.76 Å². The molecule has 1 amide bonds. The van der Waals surface area contributed by atoms with E-state index in [1.807, 2.05) is 61.2 Å². The van der Waals surface area contributed by atoms with Crippen LogP contribution >= 0.6 is 0 Å². The highest BCUT2D eigenvalue weighted by Crippen LogP contribution is 2.27. The Balaban J connectivity index is 1.82. The van der Waals surface area contributed by atoms with Gasteiger partial charge in [-0.3, -0.25) is 4.79 Å². The molecule has 1 saturated heterocycles. The zero-order valence-electron chi connectivity index (χ0n) is 14.4. The molecule has 3 aromatic rings. The normalized spacial score (nSPS) is 17.8. The summed E-state index contributed by atoms with van der Waals surface area (Å²) in [7, 11) is 0. The second kappa shape index (κ2) is 6.33. The van der Waals surface area contributed by atoms with E-state index >= 15 is 0 Å². The van der Waals surface area contributed by atoms with Gasteiger partial charge in [-0.25, -0.2) is 4.98 Å². The highest BCUT2D eigenvalue weighted by molar-refractivity contribution is 6.07. The number of morpholine rings is 1. The molecule has 1 fully saturated rings. The minimum absolute atomic E-state index is 0.0123. The molecule has 1 atom stereocenters. The van der Waals surface area contributed by atoms with E-state index in [-0.39, 0.29) is 12.0 Å². The highest BCUT2D eigenvalue weighted by atomic mass is 16.5. The lowest BCUT2D eigenvalue weighted by atomic mass is 10.0. The van der Waals surface area contributed by atoms with Crippen molar-refractivity contribution in [3.63, 3.8) is 0 Å². The first-order valence-electron chi connectivity index (χ1n) is 8.49. The number of amides is 1. The van der Waals surface area contributed by atoms with Gasteiger partial charge < -0.3 is 14.1 Å². The zero-order chi connectivity index (χ0) is 17.4. The van der Waals surface area contributed by atoms with Crippen LogP contribution in [0.1, 0.15) is 23.0 Å². The Kier molecular flexibility index (Phi) is 4.01. The van der Waals surface area contributed by atoms with E-state index in [4.69, 9.17) is 9.15 Å². The number of pyridine rings is 1. The third kappa shape index (κ3) is 3.03. The van der Waals surface area contributed by atoms with Crippen LogP contribution in [0.2, 0.25) is 0 Å². The maximum Gasteiger partial charge on any atom is 0.254 e. The molecule has 0 aliphatic carbocycles. The molecule has 5 heteroatoms. The summed E-state index contributed by atoms with van der Waals surface area (Å²) in [6, 6.07) is 13.3. The van der Waals surface area contributed by atoms with Crippen LogP contribution < -0.4 is 0 Å². The summed E-state index contributed by atoms with van der Waals surface area (Å²) in [6.07, 6.45) is 0.0537. The number of rotatable bonds is 2. The number of para-hydroxylation sites is 1. The number of ether oxygens (including phenoxy) is 1. The predicted octanol–water partition coefficient (Wildman–Crippen LogP) is 3.66. The van der Waals surface area contributed by atoms with E-state index in [1.165, 1.54) is 0 Å². The van der Waals surface area contributed by atoms with Crippen LogP contribution in [0.4, 0.5) is 0 Å². The van der Waals surface area contributed by atoms with Gasteiger partial charge >= 0.3 is 0 Å². The molecular weight excluding hydrogens is 316 g/mol. The molecule has 25 heavy (non-hydrogen) atoms. The van der Waals surface area contributed by atoms with E-state index in [2.05, 4.69) is 4.98 Å². The van der Waals surface area contributed by atoms with Crippen molar-refractivity contribution in [2.45, 2.75) is 20.0 Å². The SMILES string of the molecule is Cc1ccc(-c2cc(C(=O)N3CCOC(C)C3)c3ccccc3n2)o1. The Morgan fingerprint density at radius 3 is 2.84 bits per heavy atom. The van der Waals surface area contributed by atoms with Gasteiger partial charge in [0, 0.05) is 18.5 Å². The first kappa shape index (κ1) is 15.8. The molecule has 1 aliphatic heterocycles. The van der Waals surface area contributed by atoms with Crippen molar-refractivity contribution >= 4 is 16.8 Å². The van der Waals surface area contributed by atoms with Crippen molar-refractivity contribution in [1.29, 1.82) is 0 Å². The van der Waals surface area contributed by atoms with Crippen molar-refractivity contribution in [2.75, 3.05) is 19.7 Å². The number of carbonyl (C=O) groups excluding carboxylic acids is 1. The molecule has 5 nitrogen and oxygen atoms in total. The Morgan fingerprint density at radius 1 is 1.24 bits per heavy atom. The van der Waals surface area contributed by atoms with Gasteiger partial charge in [0.2, 0.25) is 0 Å². The molecule has 1 aromatic carbocycles. The van der Waals surface area contributed by atoms with Crippen LogP contribution in [0.15, 0.2) is 46.9 Å². The fourth-order valence-electron chi connectivity index (χ4n) is 3.22. The summed E-state index contributed by atoms with van der Waals surface area (Å²) < 4.78 is 11.3. The summed E-state index contributed by atoms with van der Waals surface area (Å²) in [6.45, 7) is 5.66. The second-order valence-electron chi connectivity index (χ2n) is 6.42. The van der Waals surface area contributed by atoms with Gasteiger partial charge in [0.1, 0.15) is 11.5 Å². The third-order valence-corrected chi connectivity index (χ3v) is 4.47. The maximum atomic E-state index is 13.2. The minimum Gasteiger partial charge on any atom is -0.460 e. The second-order valence-corrected chi connectivity index (χ2v) is 6.42. The van der Waals surface area contributed by atoms with Gasteiger partial charge in [-0.05, 0) is 38.1 Å². The minimum atomic E-state index is 0.0123. The Labute approximate surface area is 146 Å². The number of benzene rings is 1. The van der Waals surface area contributed by atoms with Gasteiger partial charge in [-0.2, -0.15) is 0 Å². The number of nitrogens with zero attached hydrogens (tertiary/aromatic N) is 2. The monoisotopic (exact) mass is 336 g/mol. The fraction of sp³-hybridized carbons (Fsp3) is 0.300. The predicted molar refractivity (Wildman–Crippen MR) is 95.5 cm³/mol. The van der Waals surface area contributed by atoms with Crippen LogP contribution in [0, 0.1) is 6.92 Å². The molecule has 1 unspecified atom stereocenters. The summed E-state index contributed by atoms with van der Waals surface area (Å²) >= 11 is 0. The largest absolute Gasteiger partial charge is 0.460 e. The summed E-state index contributed by atoms with van der Waals surface area (Å²) in [5.74, 6) is 1.51. The molecule has 0 bridgehead atoms. The van der Waals surface area contributed by atoms with E-state index in [1.54, 1.807) is 0 Å². The van der Waals surface area contributed by atoms with E-state index in [0.29, 0.717) is 36.7 Å². The molecule has 0 N–H and O–H groups in total. The number of furan rings is 1. The Hall–Kier alpha value is -2.66. The number of hydrogen-bond acceptors (Lipinski definition) is 4. The van der Waals surface area contributed by atoms with Gasteiger partial charge in [0.05, 0.1) is 23.8 Å². The molecule has 2 aromatic heterocycles. The molecule has 128 valence electrons. The average molecular weight is 336 g/mol. The highest BCUT2D eigenvalue weighted by Gasteiger charge is 2.25. The first-order chi connectivity index (χ1) is 12.1. The lowest BCUT2D eigenvalue weighted by molar-refractivity contribution is -0.0123. The standard InChI is InChI=1S/C20H20N2O3/c1-13-7-8-19(25-13)18-11-16(15-5-3-4-6-17(15)21-18)20(23)22-9-10-24-14(2)12-22/h3-8,11,14H,9-10,12H2,1-2H3. The molecular formula is C20H20N2O3. The number of aryl methyl sites for hydroxylation is 1. The van der Waals surface area contributed by atoms with E-state index < -0.39 is 0 Å². The molecule has 3 heterocycles. The fourth-order valence-corrected chi connectivity index (χ4v) is 3.22.